The molecule has 6 nitrogen and oxygen atoms in total. The first-order chi connectivity index (χ1) is 8.54. The van der Waals surface area contributed by atoms with Crippen LogP contribution in [-0.2, 0) is 9.53 Å². The number of anilines is 2. The third-order valence-corrected chi connectivity index (χ3v) is 3.58. The van der Waals surface area contributed by atoms with Gasteiger partial charge in [0.2, 0.25) is 0 Å². The molecule has 2 rings (SSSR count). The molecular weight excluding hydrogens is 256 g/mol. The molecule has 1 saturated heterocycles. The fourth-order valence-corrected chi connectivity index (χ4v) is 2.41. The fourth-order valence-electron chi connectivity index (χ4n) is 2.19. The van der Waals surface area contributed by atoms with Gasteiger partial charge in [0.15, 0.2) is 5.82 Å². The summed E-state index contributed by atoms with van der Waals surface area (Å²) in [6, 6.07) is 0. The molecule has 0 aliphatic carbocycles. The normalized spacial score (nSPS) is 23.2. The van der Waals surface area contributed by atoms with Crippen LogP contribution in [0.3, 0.4) is 0 Å². The van der Waals surface area contributed by atoms with Gasteiger partial charge in [0, 0.05) is 13.1 Å². The molecule has 2 N–H and O–H groups in total. The Bertz CT molecular complexity index is 468. The number of hydrogen-bond donors (Lipinski definition) is 1. The summed E-state index contributed by atoms with van der Waals surface area (Å²) in [6.45, 7) is 3.22. The highest BCUT2D eigenvalue weighted by Crippen LogP contribution is 2.33. The van der Waals surface area contributed by atoms with Gasteiger partial charge in [0.25, 0.3) is 0 Å². The molecule has 0 saturated carbocycles. The van der Waals surface area contributed by atoms with Crippen molar-refractivity contribution in [1.82, 2.24) is 9.97 Å². The van der Waals surface area contributed by atoms with Crippen LogP contribution in [0.4, 0.5) is 11.6 Å². The van der Waals surface area contributed by atoms with Gasteiger partial charge in [-0.25, -0.2) is 9.97 Å². The number of methoxy groups -OCH3 is 1. The van der Waals surface area contributed by atoms with Crippen molar-refractivity contribution in [3.63, 3.8) is 0 Å². The minimum atomic E-state index is -0.205. The highest BCUT2D eigenvalue weighted by molar-refractivity contribution is 6.35. The molecule has 1 aromatic rings. The van der Waals surface area contributed by atoms with E-state index in [0.717, 1.165) is 0 Å². The Morgan fingerprint density at radius 1 is 1.56 bits per heavy atom. The maximum Gasteiger partial charge on any atom is 0.310 e. The molecule has 1 aliphatic heterocycles. The summed E-state index contributed by atoms with van der Waals surface area (Å²) in [5, 5.41) is 0.329. The zero-order valence-electron chi connectivity index (χ0n) is 10.3. The van der Waals surface area contributed by atoms with Crippen LogP contribution < -0.4 is 10.6 Å². The minimum absolute atomic E-state index is 0.165. The number of nitrogen functional groups attached to an aromatic ring is 1. The number of rotatable bonds is 2. The average molecular weight is 271 g/mol. The lowest BCUT2D eigenvalue weighted by atomic mass is 9.99. The molecule has 0 radical (unpaired) electrons. The lowest BCUT2D eigenvalue weighted by molar-refractivity contribution is -0.145. The van der Waals surface area contributed by atoms with Gasteiger partial charge in [-0.3, -0.25) is 4.79 Å². The minimum Gasteiger partial charge on any atom is -0.469 e. The molecule has 0 spiro atoms. The molecule has 0 aromatic carbocycles. The van der Waals surface area contributed by atoms with Crippen LogP contribution in [0.15, 0.2) is 6.33 Å². The number of carbonyl (C=O) groups is 1. The van der Waals surface area contributed by atoms with E-state index < -0.39 is 0 Å². The fraction of sp³-hybridized carbons (Fsp3) is 0.545. The van der Waals surface area contributed by atoms with Crippen molar-refractivity contribution in [2.45, 2.75) is 6.92 Å². The van der Waals surface area contributed by atoms with Crippen molar-refractivity contribution in [2.24, 2.45) is 11.8 Å². The average Bonchev–Trinajstić information content (AvgIpc) is 2.73. The number of nitrogens with zero attached hydrogens (tertiary/aromatic N) is 3. The molecule has 98 valence electrons. The van der Waals surface area contributed by atoms with Crippen molar-refractivity contribution in [1.29, 1.82) is 0 Å². The van der Waals surface area contributed by atoms with Gasteiger partial charge < -0.3 is 15.4 Å². The Balaban J connectivity index is 2.22. The van der Waals surface area contributed by atoms with Gasteiger partial charge in [0.1, 0.15) is 17.2 Å². The van der Waals surface area contributed by atoms with Gasteiger partial charge in [-0.2, -0.15) is 0 Å². The third kappa shape index (κ3) is 2.20. The largest absolute Gasteiger partial charge is 0.469 e. The predicted molar refractivity (Wildman–Crippen MR) is 68.3 cm³/mol. The summed E-state index contributed by atoms with van der Waals surface area (Å²) in [4.78, 5) is 21.5. The molecule has 2 heterocycles. The van der Waals surface area contributed by atoms with Crippen LogP contribution in [0.1, 0.15) is 6.92 Å². The molecule has 0 bridgehead atoms. The monoisotopic (exact) mass is 270 g/mol. The smallest absolute Gasteiger partial charge is 0.310 e. The summed E-state index contributed by atoms with van der Waals surface area (Å²) in [5.74, 6) is 0.633. The van der Waals surface area contributed by atoms with E-state index in [1.165, 1.54) is 13.4 Å². The van der Waals surface area contributed by atoms with Gasteiger partial charge in [-0.15, -0.1) is 0 Å². The molecule has 1 aliphatic rings. The van der Waals surface area contributed by atoms with Crippen LogP contribution in [0, 0.1) is 11.8 Å². The molecule has 18 heavy (non-hydrogen) atoms. The first-order valence-corrected chi connectivity index (χ1v) is 6.01. The molecule has 1 aromatic heterocycles. The van der Waals surface area contributed by atoms with Gasteiger partial charge in [0.05, 0.1) is 13.0 Å². The zero-order chi connectivity index (χ0) is 13.3. The first kappa shape index (κ1) is 12.9. The Kier molecular flexibility index (Phi) is 3.56. The Morgan fingerprint density at radius 3 is 2.94 bits per heavy atom. The molecule has 7 heteroatoms. The number of nitrogens with two attached hydrogens (primary N) is 1. The molecule has 2 atom stereocenters. The Hall–Kier alpha value is -1.56. The third-order valence-electron chi connectivity index (χ3n) is 3.21. The summed E-state index contributed by atoms with van der Waals surface area (Å²) in [5.41, 5.74) is 5.64. The number of esters is 1. The van der Waals surface area contributed by atoms with E-state index in [1.54, 1.807) is 0 Å². The second kappa shape index (κ2) is 4.97. The highest BCUT2D eigenvalue weighted by atomic mass is 35.5. The van der Waals surface area contributed by atoms with Crippen LogP contribution in [-0.4, -0.2) is 36.1 Å². The molecule has 2 unspecified atom stereocenters. The van der Waals surface area contributed by atoms with E-state index in [-0.39, 0.29) is 23.6 Å². The van der Waals surface area contributed by atoms with E-state index in [4.69, 9.17) is 22.1 Å². The first-order valence-electron chi connectivity index (χ1n) is 5.63. The summed E-state index contributed by atoms with van der Waals surface area (Å²) in [7, 11) is 1.40. The van der Waals surface area contributed by atoms with Crippen molar-refractivity contribution in [3.8, 4) is 0 Å². The van der Waals surface area contributed by atoms with Crippen molar-refractivity contribution in [3.05, 3.63) is 11.3 Å². The summed E-state index contributed by atoms with van der Waals surface area (Å²) in [6.07, 6.45) is 1.37. The van der Waals surface area contributed by atoms with Crippen molar-refractivity contribution >= 4 is 29.2 Å². The van der Waals surface area contributed by atoms with Gasteiger partial charge in [-0.05, 0) is 5.92 Å². The summed E-state index contributed by atoms with van der Waals surface area (Å²) < 4.78 is 4.79. The SMILES string of the molecule is COC(=O)C1CN(c2ncnc(N)c2Cl)CC1C. The summed E-state index contributed by atoms with van der Waals surface area (Å²) >= 11 is 6.07. The molecule has 1 fully saturated rings. The second-order valence-corrected chi connectivity index (χ2v) is 4.79. The van der Waals surface area contributed by atoms with Gasteiger partial charge >= 0.3 is 5.97 Å². The second-order valence-electron chi connectivity index (χ2n) is 4.41. The zero-order valence-corrected chi connectivity index (χ0v) is 11.0. The van der Waals surface area contributed by atoms with Crippen LogP contribution in [0.2, 0.25) is 5.02 Å². The quantitative estimate of drug-likeness (QED) is 0.806. The van der Waals surface area contributed by atoms with Crippen LogP contribution in [0.5, 0.6) is 0 Å². The lowest BCUT2D eigenvalue weighted by Crippen LogP contribution is -2.25. The Morgan fingerprint density at radius 2 is 2.28 bits per heavy atom. The van der Waals surface area contributed by atoms with Crippen molar-refractivity contribution < 1.29 is 9.53 Å². The number of aromatic nitrogens is 2. The number of hydrogen-bond acceptors (Lipinski definition) is 6. The Labute approximate surface area is 110 Å². The predicted octanol–water partition coefficient (Wildman–Crippen LogP) is 0.957. The number of ether oxygens (including phenoxy) is 1. The maximum atomic E-state index is 11.6. The maximum absolute atomic E-state index is 11.6. The van der Waals surface area contributed by atoms with E-state index in [0.29, 0.717) is 23.9 Å². The number of halogens is 1. The highest BCUT2D eigenvalue weighted by Gasteiger charge is 2.37. The van der Waals surface area contributed by atoms with E-state index in [2.05, 4.69) is 9.97 Å². The van der Waals surface area contributed by atoms with E-state index in [9.17, 15) is 4.79 Å². The van der Waals surface area contributed by atoms with E-state index >= 15 is 0 Å². The molecular formula is C11H15ClN4O2. The van der Waals surface area contributed by atoms with Crippen LogP contribution in [0.25, 0.3) is 0 Å². The van der Waals surface area contributed by atoms with Crippen LogP contribution >= 0.6 is 11.6 Å². The van der Waals surface area contributed by atoms with E-state index in [1.807, 2.05) is 11.8 Å². The molecule has 0 amide bonds. The standard InChI is InChI=1S/C11H15ClN4O2/c1-6-3-16(4-7(6)11(17)18-2)10-8(12)9(13)14-5-15-10/h5-7H,3-4H2,1-2H3,(H2,13,14,15). The topological polar surface area (TPSA) is 81.3 Å². The van der Waals surface area contributed by atoms with Crippen molar-refractivity contribution in [2.75, 3.05) is 30.8 Å². The van der Waals surface area contributed by atoms with Gasteiger partial charge in [-0.1, -0.05) is 18.5 Å². The lowest BCUT2D eigenvalue weighted by Gasteiger charge is -2.18. The number of carbonyl (C=O) groups excluding carboxylic acids is 1.